The lowest BCUT2D eigenvalue weighted by atomic mass is 10.1. The van der Waals surface area contributed by atoms with E-state index in [9.17, 15) is 4.79 Å². The second kappa shape index (κ2) is 7.85. The number of rotatable bonds is 6. The summed E-state index contributed by atoms with van der Waals surface area (Å²) in [6.45, 7) is 4.56. The van der Waals surface area contributed by atoms with E-state index in [0.717, 1.165) is 33.9 Å². The Hall–Kier alpha value is -2.00. The summed E-state index contributed by atoms with van der Waals surface area (Å²) in [5.41, 5.74) is 3.21. The molecule has 3 nitrogen and oxygen atoms in total. The highest BCUT2D eigenvalue weighted by Crippen LogP contribution is 2.21. The van der Waals surface area contributed by atoms with E-state index < -0.39 is 0 Å². The number of nitrogens with one attached hydrogen (secondary N) is 1. The molecule has 0 fully saturated rings. The first-order valence-corrected chi connectivity index (χ1v) is 7.64. The first kappa shape index (κ1) is 16.4. The van der Waals surface area contributed by atoms with Crippen LogP contribution in [0.5, 0.6) is 5.75 Å². The van der Waals surface area contributed by atoms with Gasteiger partial charge in [-0.15, -0.1) is 0 Å². The average Bonchev–Trinajstić information content (AvgIpc) is 2.49. The molecule has 2 aromatic carbocycles. The van der Waals surface area contributed by atoms with Gasteiger partial charge >= 0.3 is 0 Å². The van der Waals surface area contributed by atoms with Crippen molar-refractivity contribution < 1.29 is 9.53 Å². The highest BCUT2D eigenvalue weighted by Gasteiger charge is 2.06. The minimum atomic E-state index is -0.114. The Morgan fingerprint density at radius 1 is 1.09 bits per heavy atom. The minimum Gasteiger partial charge on any atom is -0.483 e. The highest BCUT2D eigenvalue weighted by atomic mass is 35.5. The van der Waals surface area contributed by atoms with Crippen LogP contribution in [0.15, 0.2) is 42.5 Å². The Kier molecular flexibility index (Phi) is 5.84. The van der Waals surface area contributed by atoms with E-state index in [1.54, 1.807) is 0 Å². The number of para-hydroxylation sites is 1. The molecule has 0 unspecified atom stereocenters. The first-order chi connectivity index (χ1) is 10.6. The second-order valence-corrected chi connectivity index (χ2v) is 5.67. The molecule has 0 saturated carbocycles. The smallest absolute Gasteiger partial charge is 0.257 e. The number of hydrogen-bond donors (Lipinski definition) is 1. The van der Waals surface area contributed by atoms with E-state index >= 15 is 0 Å². The summed E-state index contributed by atoms with van der Waals surface area (Å²) >= 11 is 5.83. The van der Waals surface area contributed by atoms with Crippen molar-refractivity contribution in [1.82, 2.24) is 5.32 Å². The molecule has 0 saturated heterocycles. The maximum atomic E-state index is 11.8. The van der Waals surface area contributed by atoms with Gasteiger partial charge in [-0.1, -0.05) is 41.9 Å². The lowest BCUT2D eigenvalue weighted by molar-refractivity contribution is -0.123. The van der Waals surface area contributed by atoms with E-state index in [0.29, 0.717) is 6.54 Å². The van der Waals surface area contributed by atoms with Gasteiger partial charge in [0.2, 0.25) is 0 Å². The van der Waals surface area contributed by atoms with Gasteiger partial charge in [-0.2, -0.15) is 0 Å². The molecule has 0 atom stereocenters. The molecule has 0 aliphatic carbocycles. The minimum absolute atomic E-state index is 0.0340. The Bertz CT molecular complexity index is 618. The number of carbonyl (C=O) groups is 1. The summed E-state index contributed by atoms with van der Waals surface area (Å²) in [6.07, 6.45) is 0.770. The van der Waals surface area contributed by atoms with Crippen LogP contribution in [0.3, 0.4) is 0 Å². The van der Waals surface area contributed by atoms with E-state index in [2.05, 4.69) is 5.32 Å². The number of halogens is 1. The summed E-state index contributed by atoms with van der Waals surface area (Å²) in [6, 6.07) is 13.5. The third-order valence-electron chi connectivity index (χ3n) is 3.41. The summed E-state index contributed by atoms with van der Waals surface area (Å²) in [5, 5.41) is 3.58. The van der Waals surface area contributed by atoms with Gasteiger partial charge in [-0.3, -0.25) is 4.79 Å². The third-order valence-corrected chi connectivity index (χ3v) is 3.66. The summed E-state index contributed by atoms with van der Waals surface area (Å²) in [5.74, 6) is 0.673. The molecule has 0 aliphatic heterocycles. The number of ether oxygens (including phenoxy) is 1. The fraction of sp³-hybridized carbons (Fsp3) is 0.278. The van der Waals surface area contributed by atoms with Crippen molar-refractivity contribution >= 4 is 17.5 Å². The summed E-state index contributed by atoms with van der Waals surface area (Å²) < 4.78 is 5.62. The zero-order valence-electron chi connectivity index (χ0n) is 12.9. The van der Waals surface area contributed by atoms with Crippen molar-refractivity contribution in [2.75, 3.05) is 13.2 Å². The molecule has 1 N–H and O–H groups in total. The monoisotopic (exact) mass is 317 g/mol. The van der Waals surface area contributed by atoms with Crippen LogP contribution in [0.4, 0.5) is 0 Å². The zero-order valence-corrected chi connectivity index (χ0v) is 13.6. The van der Waals surface area contributed by atoms with Crippen molar-refractivity contribution in [3.63, 3.8) is 0 Å². The number of hydrogen-bond acceptors (Lipinski definition) is 2. The quantitative estimate of drug-likeness (QED) is 0.882. The Balaban J connectivity index is 1.75. The number of carbonyl (C=O) groups excluding carboxylic acids is 1. The molecule has 4 heteroatoms. The fourth-order valence-corrected chi connectivity index (χ4v) is 2.34. The molecule has 0 aromatic heterocycles. The maximum absolute atomic E-state index is 11.8. The lowest BCUT2D eigenvalue weighted by Gasteiger charge is -2.12. The van der Waals surface area contributed by atoms with Crippen LogP contribution in [-0.4, -0.2) is 19.1 Å². The van der Waals surface area contributed by atoms with Crippen molar-refractivity contribution in [2.45, 2.75) is 20.3 Å². The van der Waals surface area contributed by atoms with E-state index in [1.165, 1.54) is 0 Å². The van der Waals surface area contributed by atoms with Gasteiger partial charge < -0.3 is 10.1 Å². The van der Waals surface area contributed by atoms with Crippen molar-refractivity contribution in [1.29, 1.82) is 0 Å². The van der Waals surface area contributed by atoms with Gasteiger partial charge in [0.1, 0.15) is 5.75 Å². The molecule has 22 heavy (non-hydrogen) atoms. The van der Waals surface area contributed by atoms with Crippen LogP contribution in [0.1, 0.15) is 16.7 Å². The van der Waals surface area contributed by atoms with Gasteiger partial charge in [-0.25, -0.2) is 0 Å². The molecule has 0 radical (unpaired) electrons. The van der Waals surface area contributed by atoms with Gasteiger partial charge in [0, 0.05) is 11.6 Å². The second-order valence-electron chi connectivity index (χ2n) is 5.24. The molecule has 116 valence electrons. The van der Waals surface area contributed by atoms with Crippen molar-refractivity contribution in [3.05, 3.63) is 64.2 Å². The molecule has 1 amide bonds. The van der Waals surface area contributed by atoms with Gasteiger partial charge in [0.25, 0.3) is 5.91 Å². The molecule has 0 heterocycles. The molecular weight excluding hydrogens is 298 g/mol. The van der Waals surface area contributed by atoms with Crippen LogP contribution >= 0.6 is 11.6 Å². The topological polar surface area (TPSA) is 38.3 Å². The Morgan fingerprint density at radius 2 is 1.73 bits per heavy atom. The molecular formula is C18H20ClNO2. The van der Waals surface area contributed by atoms with E-state index in [1.807, 2.05) is 56.3 Å². The van der Waals surface area contributed by atoms with Crippen LogP contribution in [0.25, 0.3) is 0 Å². The Labute approximate surface area is 136 Å². The van der Waals surface area contributed by atoms with E-state index in [-0.39, 0.29) is 12.5 Å². The van der Waals surface area contributed by atoms with E-state index in [4.69, 9.17) is 16.3 Å². The standard InChI is InChI=1S/C18H20ClNO2/c1-13-4-3-5-14(2)18(13)22-12-17(21)20-11-10-15-6-8-16(19)9-7-15/h3-9H,10-12H2,1-2H3,(H,20,21). The Morgan fingerprint density at radius 3 is 2.36 bits per heavy atom. The predicted molar refractivity (Wildman–Crippen MR) is 89.6 cm³/mol. The summed E-state index contributed by atoms with van der Waals surface area (Å²) in [4.78, 5) is 11.8. The van der Waals surface area contributed by atoms with Crippen LogP contribution < -0.4 is 10.1 Å². The molecule has 0 bridgehead atoms. The lowest BCUT2D eigenvalue weighted by Crippen LogP contribution is -2.30. The average molecular weight is 318 g/mol. The van der Waals surface area contributed by atoms with Crippen LogP contribution in [-0.2, 0) is 11.2 Å². The summed E-state index contributed by atoms with van der Waals surface area (Å²) in [7, 11) is 0. The van der Waals surface area contributed by atoms with Crippen LogP contribution in [0, 0.1) is 13.8 Å². The van der Waals surface area contributed by atoms with Gasteiger partial charge in [0.05, 0.1) is 0 Å². The maximum Gasteiger partial charge on any atom is 0.257 e. The van der Waals surface area contributed by atoms with Crippen molar-refractivity contribution in [3.8, 4) is 5.75 Å². The third kappa shape index (κ3) is 4.78. The number of benzene rings is 2. The predicted octanol–water partition coefficient (Wildman–Crippen LogP) is 3.69. The normalized spacial score (nSPS) is 10.3. The highest BCUT2D eigenvalue weighted by molar-refractivity contribution is 6.30. The molecule has 2 aromatic rings. The fourth-order valence-electron chi connectivity index (χ4n) is 2.21. The van der Waals surface area contributed by atoms with Gasteiger partial charge in [0.15, 0.2) is 6.61 Å². The largest absolute Gasteiger partial charge is 0.483 e. The molecule has 2 rings (SSSR count). The van der Waals surface area contributed by atoms with Crippen molar-refractivity contribution in [2.24, 2.45) is 0 Å². The van der Waals surface area contributed by atoms with Gasteiger partial charge in [-0.05, 0) is 49.1 Å². The van der Waals surface area contributed by atoms with Crippen LogP contribution in [0.2, 0.25) is 5.02 Å². The first-order valence-electron chi connectivity index (χ1n) is 7.26. The zero-order chi connectivity index (χ0) is 15.9. The number of aryl methyl sites for hydroxylation is 2. The number of amides is 1. The molecule has 0 spiro atoms. The SMILES string of the molecule is Cc1cccc(C)c1OCC(=O)NCCc1ccc(Cl)cc1. The molecule has 0 aliphatic rings.